The van der Waals surface area contributed by atoms with E-state index in [2.05, 4.69) is 34.6 Å². The maximum absolute atomic E-state index is 12.8. The second-order valence-corrected chi connectivity index (χ2v) is 9.37. The van der Waals surface area contributed by atoms with Crippen molar-refractivity contribution < 1.29 is 9.53 Å². The molecule has 5 rings (SSSR count). The molecule has 0 radical (unpaired) electrons. The predicted octanol–water partition coefficient (Wildman–Crippen LogP) is 4.40. The van der Waals surface area contributed by atoms with Gasteiger partial charge in [-0.2, -0.15) is 0 Å². The number of hydrogen-bond donors (Lipinski definition) is 1. The minimum atomic E-state index is 0.0279. The van der Waals surface area contributed by atoms with Crippen LogP contribution in [0.2, 0.25) is 0 Å². The maximum atomic E-state index is 12.8. The van der Waals surface area contributed by atoms with Gasteiger partial charge < -0.3 is 10.1 Å². The molecule has 2 aliphatic carbocycles. The first-order chi connectivity index (χ1) is 13.1. The van der Waals surface area contributed by atoms with Gasteiger partial charge in [0.05, 0.1) is 11.7 Å². The molecule has 1 aromatic carbocycles. The Morgan fingerprint density at radius 2 is 2.04 bits per heavy atom. The van der Waals surface area contributed by atoms with Crippen LogP contribution in [0.25, 0.3) is 10.6 Å². The largest absolute Gasteiger partial charge is 0.489 e. The van der Waals surface area contributed by atoms with Crippen molar-refractivity contribution >= 4 is 22.8 Å². The summed E-state index contributed by atoms with van der Waals surface area (Å²) < 4.78 is 6.47. The summed E-state index contributed by atoms with van der Waals surface area (Å²) in [5.74, 6) is 1.65. The number of rotatable bonds is 5. The van der Waals surface area contributed by atoms with E-state index in [0.29, 0.717) is 5.78 Å². The monoisotopic (exact) mass is 383 g/mol. The summed E-state index contributed by atoms with van der Waals surface area (Å²) in [4.78, 5) is 12.8. The zero-order chi connectivity index (χ0) is 18.5. The van der Waals surface area contributed by atoms with Crippen molar-refractivity contribution in [1.29, 1.82) is 0 Å². The Hall–Kier alpha value is -1.95. The molecule has 0 spiro atoms. The molecule has 1 aliphatic heterocycles. The van der Waals surface area contributed by atoms with E-state index >= 15 is 0 Å². The fraction of sp³-hybridized carbons (Fsp3) is 0.571. The minimum absolute atomic E-state index is 0.0279. The first-order valence-electron chi connectivity index (χ1n) is 10.0. The molecule has 6 heteroatoms. The molecule has 0 saturated heterocycles. The Labute approximate surface area is 163 Å². The Bertz CT molecular complexity index is 886. The number of aromatic nitrogens is 2. The van der Waals surface area contributed by atoms with Crippen LogP contribution in [-0.4, -0.2) is 28.1 Å². The van der Waals surface area contributed by atoms with Crippen LogP contribution < -0.4 is 10.1 Å². The number of aryl methyl sites for hydroxylation is 1. The van der Waals surface area contributed by atoms with Crippen LogP contribution in [0.1, 0.15) is 49.6 Å². The molecule has 2 aromatic rings. The predicted molar refractivity (Wildman–Crippen MR) is 106 cm³/mol. The van der Waals surface area contributed by atoms with Gasteiger partial charge in [0, 0.05) is 29.1 Å². The fourth-order valence-corrected chi connectivity index (χ4v) is 4.80. The summed E-state index contributed by atoms with van der Waals surface area (Å²) in [7, 11) is 0. The highest BCUT2D eigenvalue weighted by atomic mass is 32.1. The van der Waals surface area contributed by atoms with Crippen LogP contribution in [0.4, 0.5) is 5.69 Å². The molecule has 0 amide bonds. The molecule has 3 aliphatic rings. The van der Waals surface area contributed by atoms with Gasteiger partial charge in [0.25, 0.3) is 0 Å². The van der Waals surface area contributed by atoms with E-state index in [4.69, 9.17) is 4.74 Å². The number of benzene rings is 1. The van der Waals surface area contributed by atoms with E-state index in [0.717, 1.165) is 64.7 Å². The second kappa shape index (κ2) is 6.59. The number of nitrogens with one attached hydrogen (secondary N) is 1. The van der Waals surface area contributed by atoms with Gasteiger partial charge in [-0.15, -0.1) is 10.2 Å². The molecule has 2 heterocycles. The van der Waals surface area contributed by atoms with Gasteiger partial charge in [0.2, 0.25) is 0 Å². The molecule has 1 N–H and O–H groups in total. The third-order valence-electron chi connectivity index (χ3n) is 6.11. The molecule has 1 aromatic heterocycles. The lowest BCUT2D eigenvalue weighted by Crippen LogP contribution is -2.39. The number of hydrogen-bond acceptors (Lipinski definition) is 6. The van der Waals surface area contributed by atoms with Gasteiger partial charge in [0.15, 0.2) is 5.01 Å². The van der Waals surface area contributed by atoms with Gasteiger partial charge in [-0.1, -0.05) is 11.3 Å². The molecule has 2 fully saturated rings. The van der Waals surface area contributed by atoms with Crippen LogP contribution in [0.15, 0.2) is 12.1 Å². The summed E-state index contributed by atoms with van der Waals surface area (Å²) in [5.41, 5.74) is 3.26. The molecule has 0 bridgehead atoms. The molecule has 2 atom stereocenters. The first-order valence-corrected chi connectivity index (χ1v) is 10.8. The van der Waals surface area contributed by atoms with Crippen molar-refractivity contribution in [2.45, 2.75) is 64.5 Å². The molecular weight excluding hydrogens is 358 g/mol. The SMILES string of the molecule is Cc1nnc(-c2ccc3c(c2OC2CCC2)CC(C(=O)C2CC2)[C@H](C)N3)s1. The quantitative estimate of drug-likeness (QED) is 0.829. The maximum Gasteiger partial charge on any atom is 0.151 e. The average Bonchev–Trinajstić information content (AvgIpc) is 3.38. The smallest absolute Gasteiger partial charge is 0.151 e. The van der Waals surface area contributed by atoms with Crippen LogP contribution in [0.3, 0.4) is 0 Å². The standard InChI is InChI=1S/C21H25N3O2S/c1-11-16(19(25)13-6-7-13)10-17-18(22-11)9-8-15(21-24-23-12(2)27-21)20(17)26-14-4-3-5-14/h8-9,11,13-14,16,22H,3-7,10H2,1-2H3/t11-,16?/m0/s1. The van der Waals surface area contributed by atoms with Crippen molar-refractivity contribution in [2.75, 3.05) is 5.32 Å². The Morgan fingerprint density at radius 3 is 2.67 bits per heavy atom. The van der Waals surface area contributed by atoms with E-state index in [1.165, 1.54) is 6.42 Å². The number of carbonyl (C=O) groups excluding carboxylic acids is 1. The van der Waals surface area contributed by atoms with Crippen molar-refractivity contribution in [3.63, 3.8) is 0 Å². The van der Waals surface area contributed by atoms with Crippen LogP contribution >= 0.6 is 11.3 Å². The number of ketones is 1. The van der Waals surface area contributed by atoms with E-state index < -0.39 is 0 Å². The summed E-state index contributed by atoms with van der Waals surface area (Å²) in [6.45, 7) is 4.10. The molecule has 142 valence electrons. The lowest BCUT2D eigenvalue weighted by molar-refractivity contribution is -0.124. The van der Waals surface area contributed by atoms with Crippen molar-refractivity contribution in [3.8, 4) is 16.3 Å². The third-order valence-corrected chi connectivity index (χ3v) is 6.98. The Morgan fingerprint density at radius 1 is 1.22 bits per heavy atom. The van der Waals surface area contributed by atoms with Gasteiger partial charge in [0.1, 0.15) is 16.5 Å². The van der Waals surface area contributed by atoms with Crippen molar-refractivity contribution in [2.24, 2.45) is 11.8 Å². The average molecular weight is 384 g/mol. The lowest BCUT2D eigenvalue weighted by atomic mass is 9.82. The van der Waals surface area contributed by atoms with Crippen molar-refractivity contribution in [3.05, 3.63) is 22.7 Å². The normalized spacial score (nSPS) is 24.7. The van der Waals surface area contributed by atoms with Gasteiger partial charge >= 0.3 is 0 Å². The van der Waals surface area contributed by atoms with Gasteiger partial charge in [-0.3, -0.25) is 4.79 Å². The highest BCUT2D eigenvalue weighted by Gasteiger charge is 2.40. The van der Waals surface area contributed by atoms with Gasteiger partial charge in [-0.05, 0) is 64.5 Å². The number of carbonyl (C=O) groups is 1. The van der Waals surface area contributed by atoms with Crippen LogP contribution in [-0.2, 0) is 11.2 Å². The number of ether oxygens (including phenoxy) is 1. The molecular formula is C21H25N3O2S. The van der Waals surface area contributed by atoms with Crippen LogP contribution in [0.5, 0.6) is 5.75 Å². The molecule has 27 heavy (non-hydrogen) atoms. The summed E-state index contributed by atoms with van der Waals surface area (Å²) >= 11 is 1.59. The zero-order valence-corrected chi connectivity index (χ0v) is 16.6. The number of anilines is 1. The summed E-state index contributed by atoms with van der Waals surface area (Å²) in [6.07, 6.45) is 6.59. The van der Waals surface area contributed by atoms with Crippen LogP contribution in [0, 0.1) is 18.8 Å². The first kappa shape index (κ1) is 17.2. The lowest BCUT2D eigenvalue weighted by Gasteiger charge is -2.35. The number of fused-ring (bicyclic) bond motifs is 1. The van der Waals surface area contributed by atoms with Crippen molar-refractivity contribution in [1.82, 2.24) is 10.2 Å². The Kier molecular flexibility index (Phi) is 4.19. The van der Waals surface area contributed by atoms with Gasteiger partial charge in [-0.25, -0.2) is 0 Å². The molecule has 2 saturated carbocycles. The minimum Gasteiger partial charge on any atom is -0.489 e. The summed E-state index contributed by atoms with van der Waals surface area (Å²) in [6, 6.07) is 4.37. The van der Waals surface area contributed by atoms with E-state index in [1.54, 1.807) is 11.3 Å². The molecule has 5 nitrogen and oxygen atoms in total. The topological polar surface area (TPSA) is 64.1 Å². The number of nitrogens with zero attached hydrogens (tertiary/aromatic N) is 2. The van der Waals surface area contributed by atoms with E-state index in [9.17, 15) is 4.79 Å². The molecule has 1 unspecified atom stereocenters. The fourth-order valence-electron chi connectivity index (χ4n) is 4.09. The second-order valence-electron chi connectivity index (χ2n) is 8.19. The summed E-state index contributed by atoms with van der Waals surface area (Å²) in [5, 5.41) is 14.0. The third kappa shape index (κ3) is 3.14. The highest BCUT2D eigenvalue weighted by molar-refractivity contribution is 7.14. The van der Waals surface area contributed by atoms with E-state index in [1.807, 2.05) is 6.92 Å². The number of Topliss-reactive ketones (excluding diaryl/α,β-unsaturated/α-hetero) is 1. The Balaban J connectivity index is 1.56. The zero-order valence-electron chi connectivity index (χ0n) is 15.8. The highest BCUT2D eigenvalue weighted by Crippen LogP contribution is 2.45. The van der Waals surface area contributed by atoms with E-state index in [-0.39, 0.29) is 24.0 Å².